The largest absolute Gasteiger partial charge is 0.462 e. The molecule has 0 unspecified atom stereocenters. The number of allylic oxidation sites excluding steroid dienone is 1. The standard InChI is InChI=1S/C14H21FO4/c1-5-9(6-2)7-10(15)12(16)19-11-13(17)18-8-14(11,3)4/h7,9,11H,5-6,8H2,1-4H3/b10-7+/t11-/m1/s1. The second-order valence-corrected chi connectivity index (χ2v) is 5.47. The summed E-state index contributed by atoms with van der Waals surface area (Å²) in [4.78, 5) is 23.1. The van der Waals surface area contributed by atoms with Crippen molar-refractivity contribution in [3.63, 3.8) is 0 Å². The highest BCUT2D eigenvalue weighted by atomic mass is 19.1. The Labute approximate surface area is 113 Å². The first-order chi connectivity index (χ1) is 8.81. The molecule has 1 heterocycles. The van der Waals surface area contributed by atoms with Gasteiger partial charge < -0.3 is 9.47 Å². The highest BCUT2D eigenvalue weighted by Crippen LogP contribution is 2.31. The van der Waals surface area contributed by atoms with Gasteiger partial charge in [-0.25, -0.2) is 9.59 Å². The molecule has 0 aliphatic carbocycles. The predicted octanol–water partition coefficient (Wildman–Crippen LogP) is 2.77. The molecule has 0 amide bonds. The zero-order valence-electron chi connectivity index (χ0n) is 11.9. The minimum atomic E-state index is -1.09. The van der Waals surface area contributed by atoms with Crippen LogP contribution in [0.25, 0.3) is 0 Å². The monoisotopic (exact) mass is 272 g/mol. The van der Waals surface area contributed by atoms with Gasteiger partial charge in [-0.1, -0.05) is 27.7 Å². The molecule has 0 bridgehead atoms. The molecule has 0 N–H and O–H groups in total. The third kappa shape index (κ3) is 3.78. The Kier molecular flexibility index (Phi) is 5.09. The number of ether oxygens (including phenoxy) is 2. The average Bonchev–Trinajstić information content (AvgIpc) is 2.62. The normalized spacial score (nSPS) is 22.5. The van der Waals surface area contributed by atoms with E-state index >= 15 is 0 Å². The smallest absolute Gasteiger partial charge is 0.367 e. The van der Waals surface area contributed by atoms with E-state index in [1.807, 2.05) is 13.8 Å². The Hall–Kier alpha value is -1.39. The number of rotatable bonds is 5. The van der Waals surface area contributed by atoms with Gasteiger partial charge in [0, 0.05) is 5.41 Å². The number of carbonyl (C=O) groups is 2. The topological polar surface area (TPSA) is 52.6 Å². The van der Waals surface area contributed by atoms with Crippen molar-refractivity contribution in [3.8, 4) is 0 Å². The lowest BCUT2D eigenvalue weighted by atomic mass is 9.90. The molecule has 0 saturated carbocycles. The van der Waals surface area contributed by atoms with Crippen molar-refractivity contribution in [2.75, 3.05) is 6.61 Å². The van der Waals surface area contributed by atoms with E-state index in [1.54, 1.807) is 13.8 Å². The maximum Gasteiger partial charge on any atom is 0.367 e. The minimum Gasteiger partial charge on any atom is -0.462 e. The van der Waals surface area contributed by atoms with Crippen molar-refractivity contribution in [3.05, 3.63) is 11.9 Å². The fourth-order valence-corrected chi connectivity index (χ4v) is 1.90. The van der Waals surface area contributed by atoms with Gasteiger partial charge in [0.1, 0.15) is 6.61 Å². The Morgan fingerprint density at radius 1 is 1.53 bits per heavy atom. The van der Waals surface area contributed by atoms with Crippen molar-refractivity contribution in [2.24, 2.45) is 11.3 Å². The zero-order chi connectivity index (χ0) is 14.6. The van der Waals surface area contributed by atoms with Crippen molar-refractivity contribution < 1.29 is 23.5 Å². The summed E-state index contributed by atoms with van der Waals surface area (Å²) in [7, 11) is 0. The van der Waals surface area contributed by atoms with Gasteiger partial charge in [0.25, 0.3) is 0 Å². The van der Waals surface area contributed by atoms with E-state index in [4.69, 9.17) is 9.47 Å². The molecule has 108 valence electrons. The third-order valence-corrected chi connectivity index (χ3v) is 3.36. The summed E-state index contributed by atoms with van der Waals surface area (Å²) >= 11 is 0. The minimum absolute atomic E-state index is 0.00362. The van der Waals surface area contributed by atoms with E-state index in [0.29, 0.717) is 0 Å². The van der Waals surface area contributed by atoms with Crippen LogP contribution in [0, 0.1) is 11.3 Å². The van der Waals surface area contributed by atoms with Gasteiger partial charge >= 0.3 is 11.9 Å². The Bertz CT molecular complexity index is 383. The van der Waals surface area contributed by atoms with E-state index < -0.39 is 29.3 Å². The van der Waals surface area contributed by atoms with Gasteiger partial charge in [0.15, 0.2) is 0 Å². The van der Waals surface area contributed by atoms with E-state index in [2.05, 4.69) is 0 Å². The van der Waals surface area contributed by atoms with Crippen LogP contribution in [0.1, 0.15) is 40.5 Å². The summed E-state index contributed by atoms with van der Waals surface area (Å²) in [6.07, 6.45) is 1.71. The summed E-state index contributed by atoms with van der Waals surface area (Å²) < 4.78 is 23.4. The average molecular weight is 272 g/mol. The Balaban J connectivity index is 2.71. The van der Waals surface area contributed by atoms with E-state index in [9.17, 15) is 14.0 Å². The second-order valence-electron chi connectivity index (χ2n) is 5.47. The summed E-state index contributed by atoms with van der Waals surface area (Å²) in [6, 6.07) is 0. The molecule has 1 saturated heterocycles. The lowest BCUT2D eigenvalue weighted by Gasteiger charge is -2.21. The molecule has 0 radical (unpaired) electrons. The SMILES string of the molecule is CCC(/C=C(/F)C(=O)O[C@@H]1C(=O)OCC1(C)C)CC. The van der Waals surface area contributed by atoms with Crippen molar-refractivity contribution in [2.45, 2.75) is 46.6 Å². The molecule has 19 heavy (non-hydrogen) atoms. The van der Waals surface area contributed by atoms with Gasteiger partial charge in [0.2, 0.25) is 11.9 Å². The maximum absolute atomic E-state index is 13.7. The van der Waals surface area contributed by atoms with Crippen molar-refractivity contribution >= 4 is 11.9 Å². The molecule has 0 aromatic carbocycles. The number of esters is 2. The van der Waals surface area contributed by atoms with Crippen LogP contribution in [-0.4, -0.2) is 24.6 Å². The molecule has 0 spiro atoms. The fourth-order valence-electron chi connectivity index (χ4n) is 1.90. The van der Waals surface area contributed by atoms with Gasteiger partial charge in [-0.05, 0) is 24.8 Å². The molecule has 1 aliphatic rings. The first kappa shape index (κ1) is 15.7. The van der Waals surface area contributed by atoms with Crippen LogP contribution in [0.4, 0.5) is 4.39 Å². The van der Waals surface area contributed by atoms with E-state index in [1.165, 1.54) is 6.08 Å². The number of hydrogen-bond donors (Lipinski definition) is 0. The van der Waals surface area contributed by atoms with Crippen LogP contribution in [0.5, 0.6) is 0 Å². The van der Waals surface area contributed by atoms with E-state index in [-0.39, 0.29) is 12.5 Å². The van der Waals surface area contributed by atoms with Crippen LogP contribution in [0.15, 0.2) is 11.9 Å². The van der Waals surface area contributed by atoms with Gasteiger partial charge in [-0.15, -0.1) is 0 Å². The van der Waals surface area contributed by atoms with Crippen LogP contribution in [0.3, 0.4) is 0 Å². The Morgan fingerprint density at radius 2 is 2.11 bits per heavy atom. The first-order valence-electron chi connectivity index (χ1n) is 6.56. The molecular weight excluding hydrogens is 251 g/mol. The second kappa shape index (κ2) is 6.17. The summed E-state index contributed by atoms with van der Waals surface area (Å²) in [5, 5.41) is 0. The molecule has 1 rings (SSSR count). The lowest BCUT2D eigenvalue weighted by molar-refractivity contribution is -0.161. The van der Waals surface area contributed by atoms with Crippen LogP contribution >= 0.6 is 0 Å². The van der Waals surface area contributed by atoms with Crippen molar-refractivity contribution in [1.29, 1.82) is 0 Å². The lowest BCUT2D eigenvalue weighted by Crippen LogP contribution is -2.35. The first-order valence-corrected chi connectivity index (χ1v) is 6.56. The molecule has 0 aromatic heterocycles. The summed E-state index contributed by atoms with van der Waals surface area (Å²) in [5.74, 6) is -2.65. The summed E-state index contributed by atoms with van der Waals surface area (Å²) in [5.41, 5.74) is -0.623. The van der Waals surface area contributed by atoms with Gasteiger partial charge in [0.05, 0.1) is 0 Å². The van der Waals surface area contributed by atoms with Crippen molar-refractivity contribution in [1.82, 2.24) is 0 Å². The van der Waals surface area contributed by atoms with Crippen LogP contribution in [-0.2, 0) is 19.1 Å². The van der Waals surface area contributed by atoms with Gasteiger partial charge in [-0.3, -0.25) is 0 Å². The van der Waals surface area contributed by atoms with Crippen LogP contribution < -0.4 is 0 Å². The molecular formula is C14H21FO4. The molecule has 1 fully saturated rings. The van der Waals surface area contributed by atoms with Gasteiger partial charge in [-0.2, -0.15) is 4.39 Å². The van der Waals surface area contributed by atoms with Crippen LogP contribution in [0.2, 0.25) is 0 Å². The highest BCUT2D eigenvalue weighted by molar-refractivity contribution is 5.89. The number of cyclic esters (lactones) is 1. The summed E-state index contributed by atoms with van der Waals surface area (Å²) in [6.45, 7) is 7.47. The van der Waals surface area contributed by atoms with E-state index in [0.717, 1.165) is 12.8 Å². The number of halogens is 1. The quantitative estimate of drug-likeness (QED) is 0.570. The molecule has 5 heteroatoms. The maximum atomic E-state index is 13.7. The molecule has 0 aromatic rings. The predicted molar refractivity (Wildman–Crippen MR) is 67.9 cm³/mol. The zero-order valence-corrected chi connectivity index (χ0v) is 11.9. The Morgan fingerprint density at radius 3 is 2.53 bits per heavy atom. The molecule has 1 atom stereocenters. The molecule has 4 nitrogen and oxygen atoms in total. The third-order valence-electron chi connectivity index (χ3n) is 3.36. The fraction of sp³-hybridized carbons (Fsp3) is 0.714. The number of carbonyl (C=O) groups excluding carboxylic acids is 2. The highest BCUT2D eigenvalue weighted by Gasteiger charge is 2.46. The number of hydrogen-bond acceptors (Lipinski definition) is 4. The molecule has 1 aliphatic heterocycles.